The molecule has 0 spiro atoms. The fourth-order valence-corrected chi connectivity index (χ4v) is 2.72. The van der Waals surface area contributed by atoms with Crippen molar-refractivity contribution in [1.82, 2.24) is 5.32 Å². The van der Waals surface area contributed by atoms with Crippen molar-refractivity contribution in [3.05, 3.63) is 58.2 Å². The average Bonchev–Trinajstić information content (AvgIpc) is 3.05. The third kappa shape index (κ3) is 6.33. The highest BCUT2D eigenvalue weighted by Crippen LogP contribution is 2.19. The lowest BCUT2D eigenvalue weighted by molar-refractivity contribution is 0.0523. The van der Waals surface area contributed by atoms with Gasteiger partial charge in [0, 0.05) is 35.6 Å². The molecule has 5 nitrogen and oxygen atoms in total. The summed E-state index contributed by atoms with van der Waals surface area (Å²) in [5.41, 5.74) is 1.95. The molecule has 1 amide bonds. The lowest BCUT2D eigenvalue weighted by atomic mass is 10.0. The molecule has 7 heteroatoms. The van der Waals surface area contributed by atoms with Gasteiger partial charge in [-0.15, -0.1) is 0 Å². The largest absolute Gasteiger partial charge is 0.444 e. The first kappa shape index (κ1) is 19.7. The molecular formula is C19H22FN3O2S. The van der Waals surface area contributed by atoms with Crippen LogP contribution in [0.1, 0.15) is 31.9 Å². The summed E-state index contributed by atoms with van der Waals surface area (Å²) in [7, 11) is 0. The van der Waals surface area contributed by atoms with E-state index < -0.39 is 17.5 Å². The van der Waals surface area contributed by atoms with E-state index in [1.807, 2.05) is 16.8 Å². The molecule has 26 heavy (non-hydrogen) atoms. The van der Waals surface area contributed by atoms with Crippen molar-refractivity contribution in [1.29, 1.82) is 5.41 Å². The number of hydrogen-bond acceptors (Lipinski definition) is 5. The monoisotopic (exact) mass is 375 g/mol. The molecule has 3 N–H and O–H groups in total. The molecule has 1 aromatic carbocycles. The van der Waals surface area contributed by atoms with Crippen LogP contribution in [0, 0.1) is 11.2 Å². The minimum Gasteiger partial charge on any atom is -0.444 e. The van der Waals surface area contributed by atoms with Crippen molar-refractivity contribution in [2.75, 3.05) is 5.32 Å². The number of anilines is 1. The highest BCUT2D eigenvalue weighted by Gasteiger charge is 2.16. The van der Waals surface area contributed by atoms with Crippen LogP contribution in [0.15, 0.2) is 41.2 Å². The number of halogens is 1. The normalized spacial score (nSPS) is 11.8. The van der Waals surface area contributed by atoms with E-state index in [4.69, 9.17) is 10.1 Å². The molecule has 2 rings (SSSR count). The fourth-order valence-electron chi connectivity index (χ4n) is 2.12. The van der Waals surface area contributed by atoms with E-state index in [1.165, 1.54) is 12.1 Å². The van der Waals surface area contributed by atoms with Gasteiger partial charge >= 0.3 is 6.09 Å². The summed E-state index contributed by atoms with van der Waals surface area (Å²) in [6.45, 7) is 5.44. The van der Waals surface area contributed by atoms with E-state index in [-0.39, 0.29) is 6.54 Å². The van der Waals surface area contributed by atoms with Gasteiger partial charge in [0.15, 0.2) is 0 Å². The van der Waals surface area contributed by atoms with Crippen LogP contribution in [0.5, 0.6) is 0 Å². The van der Waals surface area contributed by atoms with Gasteiger partial charge < -0.3 is 20.8 Å². The Kier molecular flexibility index (Phi) is 6.52. The fraction of sp³-hybridized carbons (Fsp3) is 0.263. The number of nitrogens with one attached hydrogen (secondary N) is 3. The van der Waals surface area contributed by atoms with Crippen LogP contribution < -0.4 is 10.6 Å². The van der Waals surface area contributed by atoms with Crippen molar-refractivity contribution < 1.29 is 13.9 Å². The Hall–Kier alpha value is -2.67. The number of amides is 1. The summed E-state index contributed by atoms with van der Waals surface area (Å²) < 4.78 is 19.1. The Morgan fingerprint density at radius 3 is 2.73 bits per heavy atom. The number of allylic oxidation sites excluding steroid dienone is 1. The first-order valence-corrected chi connectivity index (χ1v) is 8.97. The van der Waals surface area contributed by atoms with Crippen molar-refractivity contribution in [2.24, 2.45) is 0 Å². The van der Waals surface area contributed by atoms with Gasteiger partial charge in [0.1, 0.15) is 11.4 Å². The third-order valence-electron chi connectivity index (χ3n) is 3.20. The summed E-state index contributed by atoms with van der Waals surface area (Å²) in [6.07, 6.45) is 2.24. The molecule has 0 atom stereocenters. The summed E-state index contributed by atoms with van der Waals surface area (Å²) in [5.74, 6) is -0.438. The second-order valence-electron chi connectivity index (χ2n) is 6.60. The number of ether oxygens (including phenoxy) is 1. The first-order valence-electron chi connectivity index (χ1n) is 8.03. The predicted molar refractivity (Wildman–Crippen MR) is 104 cm³/mol. The smallest absolute Gasteiger partial charge is 0.407 e. The van der Waals surface area contributed by atoms with Crippen molar-refractivity contribution in [2.45, 2.75) is 32.9 Å². The molecule has 2 aromatic rings. The van der Waals surface area contributed by atoms with Crippen molar-refractivity contribution >= 4 is 34.9 Å². The first-order chi connectivity index (χ1) is 12.3. The number of carbonyl (C=O) groups excluding carboxylic acids is 1. The zero-order valence-corrected chi connectivity index (χ0v) is 15.7. The number of benzene rings is 1. The van der Waals surface area contributed by atoms with Crippen molar-refractivity contribution in [3.8, 4) is 0 Å². The molecule has 0 saturated carbocycles. The average molecular weight is 375 g/mol. The van der Waals surface area contributed by atoms with Crippen LogP contribution in [0.25, 0.3) is 5.57 Å². The minimum atomic E-state index is -0.597. The zero-order chi connectivity index (χ0) is 19.2. The van der Waals surface area contributed by atoms with Gasteiger partial charge in [-0.25, -0.2) is 9.18 Å². The minimum absolute atomic E-state index is 0.128. The maximum Gasteiger partial charge on any atom is 0.407 e. The quantitative estimate of drug-likeness (QED) is 0.621. The number of alkyl carbamates (subject to hydrolysis) is 1. The maximum atomic E-state index is 14.0. The molecule has 0 bridgehead atoms. The molecular weight excluding hydrogens is 353 g/mol. The third-order valence-corrected chi connectivity index (χ3v) is 3.88. The number of thiophene rings is 1. The standard InChI is InChI=1S/C19H22FN3O2S/c1-19(2,3)25-18(24)23-10-13-6-14(8-16(20)7-13)15(9-21)11-22-17-4-5-26-12-17/h4-9,11-12,21-22H,10H2,1-3H3,(H,23,24)/b15-11+,21-9?. The van der Waals surface area contributed by atoms with Crippen LogP contribution in [-0.2, 0) is 11.3 Å². The van der Waals surface area contributed by atoms with Crippen molar-refractivity contribution in [3.63, 3.8) is 0 Å². The summed E-state index contributed by atoms with van der Waals surface area (Å²) in [4.78, 5) is 11.7. The van der Waals surface area contributed by atoms with Gasteiger partial charge in [-0.2, -0.15) is 11.3 Å². The molecule has 0 aliphatic heterocycles. The number of rotatable bonds is 6. The number of hydrogen-bond donors (Lipinski definition) is 3. The second kappa shape index (κ2) is 8.62. The Labute approximate surface area is 156 Å². The summed E-state index contributed by atoms with van der Waals surface area (Å²) >= 11 is 1.55. The topological polar surface area (TPSA) is 74.2 Å². The molecule has 0 radical (unpaired) electrons. The van der Waals surface area contributed by atoms with Gasteiger partial charge in [0.05, 0.1) is 0 Å². The number of carbonyl (C=O) groups is 1. The van der Waals surface area contributed by atoms with Crippen LogP contribution >= 0.6 is 11.3 Å². The van der Waals surface area contributed by atoms with E-state index in [0.29, 0.717) is 16.7 Å². The summed E-state index contributed by atoms with van der Waals surface area (Å²) in [5, 5.41) is 17.1. The van der Waals surface area contributed by atoms with Gasteiger partial charge in [0.25, 0.3) is 0 Å². The maximum absolute atomic E-state index is 14.0. The Morgan fingerprint density at radius 2 is 2.12 bits per heavy atom. The van der Waals surface area contributed by atoms with E-state index in [1.54, 1.807) is 44.4 Å². The van der Waals surface area contributed by atoms with E-state index in [0.717, 1.165) is 11.9 Å². The van der Waals surface area contributed by atoms with Crippen LogP contribution in [0.3, 0.4) is 0 Å². The van der Waals surface area contributed by atoms with E-state index in [2.05, 4.69) is 10.6 Å². The molecule has 0 aliphatic rings. The SMILES string of the molecule is CC(C)(C)OC(=O)NCc1cc(F)cc(/C(C=N)=C/Nc2ccsc2)c1. The molecule has 0 saturated heterocycles. The lowest BCUT2D eigenvalue weighted by Gasteiger charge is -2.19. The highest BCUT2D eigenvalue weighted by molar-refractivity contribution is 7.08. The Morgan fingerprint density at radius 1 is 1.35 bits per heavy atom. The predicted octanol–water partition coefficient (Wildman–Crippen LogP) is 5.01. The molecule has 0 unspecified atom stereocenters. The van der Waals surface area contributed by atoms with Crippen LogP contribution in [0.2, 0.25) is 0 Å². The van der Waals surface area contributed by atoms with E-state index in [9.17, 15) is 9.18 Å². The molecule has 1 aromatic heterocycles. The summed E-state index contributed by atoms with van der Waals surface area (Å²) in [6, 6.07) is 6.33. The Balaban J connectivity index is 2.11. The Bertz CT molecular complexity index is 796. The van der Waals surface area contributed by atoms with Gasteiger partial charge in [0.2, 0.25) is 0 Å². The van der Waals surface area contributed by atoms with Gasteiger partial charge in [-0.05, 0) is 61.5 Å². The van der Waals surface area contributed by atoms with Gasteiger partial charge in [-0.3, -0.25) is 0 Å². The van der Waals surface area contributed by atoms with Crippen LogP contribution in [-0.4, -0.2) is 17.9 Å². The zero-order valence-electron chi connectivity index (χ0n) is 14.9. The molecule has 0 aliphatic carbocycles. The molecule has 0 fully saturated rings. The lowest BCUT2D eigenvalue weighted by Crippen LogP contribution is -2.32. The second-order valence-corrected chi connectivity index (χ2v) is 7.38. The molecule has 1 heterocycles. The van der Waals surface area contributed by atoms with Crippen LogP contribution in [0.4, 0.5) is 14.9 Å². The van der Waals surface area contributed by atoms with E-state index >= 15 is 0 Å². The highest BCUT2D eigenvalue weighted by atomic mass is 32.1. The molecule has 138 valence electrons. The van der Waals surface area contributed by atoms with Gasteiger partial charge in [-0.1, -0.05) is 0 Å².